The molecule has 0 bridgehead atoms. The SMILES string of the molecule is CC[C@H](C)CS(=O)(=O)N1CC[C@H]2[C@H](CCC(=O)N2C2CC2)C1. The summed E-state index contributed by atoms with van der Waals surface area (Å²) in [6, 6.07) is 0.729. The Morgan fingerprint density at radius 3 is 2.59 bits per heavy atom. The average Bonchev–Trinajstić information content (AvgIpc) is 3.30. The van der Waals surface area contributed by atoms with Gasteiger partial charge in [-0.2, -0.15) is 0 Å². The Morgan fingerprint density at radius 1 is 1.23 bits per heavy atom. The van der Waals surface area contributed by atoms with Crippen LogP contribution in [0.1, 0.15) is 52.4 Å². The summed E-state index contributed by atoms with van der Waals surface area (Å²) in [5.41, 5.74) is 0. The quantitative estimate of drug-likeness (QED) is 0.774. The number of carbonyl (C=O) groups is 1. The van der Waals surface area contributed by atoms with Gasteiger partial charge in [-0.25, -0.2) is 12.7 Å². The monoisotopic (exact) mass is 328 g/mol. The zero-order valence-electron chi connectivity index (χ0n) is 13.7. The molecule has 1 aliphatic carbocycles. The van der Waals surface area contributed by atoms with Gasteiger partial charge in [0.05, 0.1) is 5.75 Å². The number of likely N-dealkylation sites (tertiary alicyclic amines) is 1. The maximum atomic E-state index is 12.6. The number of carbonyl (C=O) groups excluding carboxylic acids is 1. The first kappa shape index (κ1) is 16.2. The molecule has 3 atom stereocenters. The molecule has 126 valence electrons. The van der Waals surface area contributed by atoms with Crippen LogP contribution >= 0.6 is 0 Å². The van der Waals surface area contributed by atoms with Gasteiger partial charge in [0.2, 0.25) is 15.9 Å². The normalized spacial score (nSPS) is 31.9. The van der Waals surface area contributed by atoms with E-state index in [1.165, 1.54) is 0 Å². The van der Waals surface area contributed by atoms with Gasteiger partial charge in [0.25, 0.3) is 0 Å². The Kier molecular flexibility index (Phi) is 4.52. The summed E-state index contributed by atoms with van der Waals surface area (Å²) >= 11 is 0. The Hall–Kier alpha value is -0.620. The number of nitrogens with zero attached hydrogens (tertiary/aromatic N) is 2. The van der Waals surface area contributed by atoms with Gasteiger partial charge in [-0.05, 0) is 37.5 Å². The number of fused-ring (bicyclic) bond motifs is 1. The van der Waals surface area contributed by atoms with Crippen molar-refractivity contribution in [3.8, 4) is 0 Å². The maximum Gasteiger partial charge on any atom is 0.223 e. The number of piperidine rings is 2. The second-order valence-electron chi connectivity index (χ2n) is 7.34. The lowest BCUT2D eigenvalue weighted by Crippen LogP contribution is -2.57. The van der Waals surface area contributed by atoms with Crippen LogP contribution in [-0.2, 0) is 14.8 Å². The molecule has 0 aromatic heterocycles. The summed E-state index contributed by atoms with van der Waals surface area (Å²) in [5.74, 6) is 1.09. The van der Waals surface area contributed by atoms with E-state index >= 15 is 0 Å². The summed E-state index contributed by atoms with van der Waals surface area (Å²) in [6.45, 7) is 5.22. The molecule has 0 aromatic rings. The van der Waals surface area contributed by atoms with Crippen LogP contribution in [0.3, 0.4) is 0 Å². The van der Waals surface area contributed by atoms with Gasteiger partial charge in [0.15, 0.2) is 0 Å². The van der Waals surface area contributed by atoms with Gasteiger partial charge < -0.3 is 4.90 Å². The van der Waals surface area contributed by atoms with E-state index in [2.05, 4.69) is 4.90 Å². The predicted octanol–water partition coefficient (Wildman–Crippen LogP) is 1.84. The fourth-order valence-corrected chi connectivity index (χ4v) is 5.89. The number of hydrogen-bond donors (Lipinski definition) is 0. The number of sulfonamides is 1. The largest absolute Gasteiger partial charge is 0.336 e. The van der Waals surface area contributed by atoms with Crippen LogP contribution in [0.15, 0.2) is 0 Å². The zero-order chi connectivity index (χ0) is 15.9. The molecule has 0 unspecified atom stereocenters. The molecule has 3 aliphatic rings. The van der Waals surface area contributed by atoms with E-state index in [0.29, 0.717) is 37.4 Å². The van der Waals surface area contributed by atoms with Crippen molar-refractivity contribution >= 4 is 15.9 Å². The van der Waals surface area contributed by atoms with Crippen LogP contribution in [-0.4, -0.2) is 54.5 Å². The van der Waals surface area contributed by atoms with Crippen molar-refractivity contribution < 1.29 is 13.2 Å². The summed E-state index contributed by atoms with van der Waals surface area (Å²) in [7, 11) is -3.15. The van der Waals surface area contributed by atoms with E-state index in [0.717, 1.165) is 32.1 Å². The molecule has 1 saturated carbocycles. The molecule has 0 radical (unpaired) electrons. The molecular weight excluding hydrogens is 300 g/mol. The molecule has 0 spiro atoms. The molecule has 22 heavy (non-hydrogen) atoms. The minimum atomic E-state index is -3.15. The van der Waals surface area contributed by atoms with Gasteiger partial charge in [0.1, 0.15) is 0 Å². The highest BCUT2D eigenvalue weighted by Gasteiger charge is 2.46. The fourth-order valence-electron chi connectivity index (χ4n) is 3.92. The summed E-state index contributed by atoms with van der Waals surface area (Å²) in [6.07, 6.45) is 5.41. The van der Waals surface area contributed by atoms with E-state index in [1.807, 2.05) is 13.8 Å². The van der Waals surface area contributed by atoms with Crippen LogP contribution < -0.4 is 0 Å². The minimum absolute atomic E-state index is 0.207. The number of rotatable bonds is 5. The molecule has 5 nitrogen and oxygen atoms in total. The van der Waals surface area contributed by atoms with Crippen LogP contribution in [0.2, 0.25) is 0 Å². The Balaban J connectivity index is 1.68. The maximum absolute atomic E-state index is 12.6. The third-order valence-electron chi connectivity index (χ3n) is 5.56. The van der Waals surface area contributed by atoms with E-state index in [9.17, 15) is 13.2 Å². The number of hydrogen-bond acceptors (Lipinski definition) is 3. The van der Waals surface area contributed by atoms with Crippen LogP contribution in [0.4, 0.5) is 0 Å². The lowest BCUT2D eigenvalue weighted by molar-refractivity contribution is -0.141. The smallest absolute Gasteiger partial charge is 0.223 e. The molecule has 0 aromatic carbocycles. The summed E-state index contributed by atoms with van der Waals surface area (Å²) < 4.78 is 26.8. The fraction of sp³-hybridized carbons (Fsp3) is 0.938. The van der Waals surface area contributed by atoms with Gasteiger partial charge in [-0.15, -0.1) is 0 Å². The van der Waals surface area contributed by atoms with Crippen LogP contribution in [0.5, 0.6) is 0 Å². The highest BCUT2D eigenvalue weighted by Crippen LogP contribution is 2.39. The topological polar surface area (TPSA) is 57.7 Å². The summed E-state index contributed by atoms with van der Waals surface area (Å²) in [4.78, 5) is 14.3. The van der Waals surface area contributed by atoms with Crippen molar-refractivity contribution in [2.75, 3.05) is 18.8 Å². The average molecular weight is 328 g/mol. The van der Waals surface area contributed by atoms with Crippen molar-refractivity contribution in [1.29, 1.82) is 0 Å². The van der Waals surface area contributed by atoms with E-state index in [4.69, 9.17) is 0 Å². The van der Waals surface area contributed by atoms with Crippen molar-refractivity contribution in [3.05, 3.63) is 0 Å². The lowest BCUT2D eigenvalue weighted by Gasteiger charge is -2.47. The molecule has 0 N–H and O–H groups in total. The standard InChI is InChI=1S/C16H28N2O3S/c1-3-12(2)11-22(20,21)17-9-8-15-13(10-17)4-7-16(19)18(15)14-5-6-14/h12-15H,3-11H2,1-2H3/t12-,13+,15-/m0/s1. The third kappa shape index (κ3) is 3.18. The zero-order valence-corrected chi connectivity index (χ0v) is 14.5. The lowest BCUT2D eigenvalue weighted by atomic mass is 9.84. The van der Waals surface area contributed by atoms with Gasteiger partial charge in [-0.1, -0.05) is 20.3 Å². The van der Waals surface area contributed by atoms with Gasteiger partial charge in [0, 0.05) is 31.6 Å². The predicted molar refractivity (Wildman–Crippen MR) is 85.8 cm³/mol. The van der Waals surface area contributed by atoms with Crippen molar-refractivity contribution in [3.63, 3.8) is 0 Å². The summed E-state index contributed by atoms with van der Waals surface area (Å²) in [5, 5.41) is 0. The molecule has 3 rings (SSSR count). The second-order valence-corrected chi connectivity index (χ2v) is 9.35. The Bertz CT molecular complexity index is 530. The molecule has 2 heterocycles. The van der Waals surface area contributed by atoms with Crippen molar-refractivity contribution in [2.45, 2.75) is 64.5 Å². The molecule has 2 aliphatic heterocycles. The van der Waals surface area contributed by atoms with Crippen LogP contribution in [0, 0.1) is 11.8 Å². The highest BCUT2D eigenvalue weighted by atomic mass is 32.2. The van der Waals surface area contributed by atoms with Gasteiger partial charge in [-0.3, -0.25) is 4.79 Å². The van der Waals surface area contributed by atoms with E-state index in [1.54, 1.807) is 4.31 Å². The van der Waals surface area contributed by atoms with E-state index in [-0.39, 0.29) is 17.7 Å². The first-order chi connectivity index (χ1) is 10.4. The Labute approximate surface area is 134 Å². The first-order valence-electron chi connectivity index (χ1n) is 8.71. The first-order valence-corrected chi connectivity index (χ1v) is 10.3. The molecule has 1 amide bonds. The highest BCUT2D eigenvalue weighted by molar-refractivity contribution is 7.89. The van der Waals surface area contributed by atoms with E-state index < -0.39 is 10.0 Å². The molecule has 6 heteroatoms. The van der Waals surface area contributed by atoms with Crippen LogP contribution in [0.25, 0.3) is 0 Å². The third-order valence-corrected chi connectivity index (χ3v) is 7.67. The Morgan fingerprint density at radius 2 is 1.95 bits per heavy atom. The number of amides is 1. The van der Waals surface area contributed by atoms with Gasteiger partial charge >= 0.3 is 0 Å². The second kappa shape index (κ2) is 6.11. The molecule has 2 saturated heterocycles. The molecule has 3 fully saturated rings. The minimum Gasteiger partial charge on any atom is -0.336 e. The molecular formula is C16H28N2O3S. The van der Waals surface area contributed by atoms with Crippen molar-refractivity contribution in [1.82, 2.24) is 9.21 Å². The van der Waals surface area contributed by atoms with Crippen molar-refractivity contribution in [2.24, 2.45) is 11.8 Å².